The third-order valence-electron chi connectivity index (χ3n) is 4.81. The SMILES string of the molecule is CC(=O)c1cc(C(=O)c2ccc(Cl)cc2)n2ccc(Cc3ccccc3)cc12. The minimum Gasteiger partial charge on any atom is -0.313 e. The molecular formula is C24H18ClNO2. The standard InChI is InChI=1S/C24H18ClNO2/c1-16(27)21-15-23(24(28)19-7-9-20(25)10-8-19)26-12-11-18(14-22(21)26)13-17-5-3-2-4-6-17/h2-12,14-15H,13H2,1H3. The van der Waals surface area contributed by atoms with Gasteiger partial charge in [0.25, 0.3) is 0 Å². The molecule has 4 rings (SSSR count). The smallest absolute Gasteiger partial charge is 0.209 e. The summed E-state index contributed by atoms with van der Waals surface area (Å²) in [4.78, 5) is 25.2. The van der Waals surface area contributed by atoms with Crippen LogP contribution >= 0.6 is 11.6 Å². The Labute approximate surface area is 168 Å². The van der Waals surface area contributed by atoms with Crippen LogP contribution in [0.4, 0.5) is 0 Å². The molecule has 0 N–H and O–H groups in total. The average molecular weight is 388 g/mol. The zero-order valence-corrected chi connectivity index (χ0v) is 16.1. The lowest BCUT2D eigenvalue weighted by atomic mass is 10.0. The number of fused-ring (bicyclic) bond motifs is 1. The van der Waals surface area contributed by atoms with Crippen LogP contribution in [0.5, 0.6) is 0 Å². The normalized spacial score (nSPS) is 10.9. The molecule has 2 aromatic carbocycles. The number of pyridine rings is 1. The molecule has 0 aliphatic carbocycles. The van der Waals surface area contributed by atoms with Crippen LogP contribution in [-0.2, 0) is 6.42 Å². The number of hydrogen-bond donors (Lipinski definition) is 0. The molecule has 0 amide bonds. The van der Waals surface area contributed by atoms with Gasteiger partial charge in [0.15, 0.2) is 5.78 Å². The maximum Gasteiger partial charge on any atom is 0.209 e. The maximum atomic E-state index is 13.0. The molecule has 0 bridgehead atoms. The van der Waals surface area contributed by atoms with Gasteiger partial charge in [-0.15, -0.1) is 0 Å². The van der Waals surface area contributed by atoms with E-state index in [4.69, 9.17) is 11.6 Å². The third-order valence-corrected chi connectivity index (χ3v) is 5.06. The van der Waals surface area contributed by atoms with Crippen molar-refractivity contribution in [3.05, 3.63) is 112 Å². The lowest BCUT2D eigenvalue weighted by Gasteiger charge is -2.06. The highest BCUT2D eigenvalue weighted by molar-refractivity contribution is 6.30. The summed E-state index contributed by atoms with van der Waals surface area (Å²) in [6.07, 6.45) is 2.63. The van der Waals surface area contributed by atoms with Gasteiger partial charge in [-0.05, 0) is 66.9 Å². The van der Waals surface area contributed by atoms with Crippen LogP contribution in [0, 0.1) is 0 Å². The van der Waals surface area contributed by atoms with Crippen LogP contribution in [0.25, 0.3) is 5.52 Å². The number of ketones is 2. The molecule has 0 saturated carbocycles. The molecule has 4 aromatic rings. The molecule has 28 heavy (non-hydrogen) atoms. The minimum atomic E-state index is -0.144. The number of aromatic nitrogens is 1. The van der Waals surface area contributed by atoms with Crippen LogP contribution in [0.15, 0.2) is 79.0 Å². The summed E-state index contributed by atoms with van der Waals surface area (Å²) in [5, 5.41) is 0.576. The number of Topliss-reactive ketones (excluding diaryl/α,β-unsaturated/α-hetero) is 1. The molecule has 0 radical (unpaired) electrons. The number of benzene rings is 2. The Kier molecular flexibility index (Phi) is 4.84. The molecule has 0 unspecified atom stereocenters. The molecule has 0 spiro atoms. The van der Waals surface area contributed by atoms with E-state index in [1.165, 1.54) is 12.5 Å². The molecule has 138 valence electrons. The van der Waals surface area contributed by atoms with Gasteiger partial charge in [0.1, 0.15) is 0 Å². The van der Waals surface area contributed by atoms with Gasteiger partial charge in [-0.2, -0.15) is 0 Å². The van der Waals surface area contributed by atoms with Gasteiger partial charge in [-0.3, -0.25) is 9.59 Å². The second-order valence-electron chi connectivity index (χ2n) is 6.79. The zero-order chi connectivity index (χ0) is 19.7. The van der Waals surface area contributed by atoms with E-state index in [2.05, 4.69) is 12.1 Å². The van der Waals surface area contributed by atoms with E-state index in [1.807, 2.05) is 36.5 Å². The molecular weight excluding hydrogens is 370 g/mol. The van der Waals surface area contributed by atoms with Crippen LogP contribution in [-0.4, -0.2) is 16.0 Å². The van der Waals surface area contributed by atoms with Crippen molar-refractivity contribution in [3.8, 4) is 0 Å². The molecule has 0 atom stereocenters. The summed E-state index contributed by atoms with van der Waals surface area (Å²) in [5.41, 5.74) is 4.58. The van der Waals surface area contributed by atoms with E-state index in [0.29, 0.717) is 21.8 Å². The molecule has 0 aliphatic rings. The van der Waals surface area contributed by atoms with E-state index >= 15 is 0 Å². The Hall–Kier alpha value is -3.17. The average Bonchev–Trinajstić information content (AvgIpc) is 3.08. The van der Waals surface area contributed by atoms with Gasteiger partial charge < -0.3 is 4.40 Å². The molecule has 3 nitrogen and oxygen atoms in total. The number of carbonyl (C=O) groups is 2. The first-order valence-corrected chi connectivity index (χ1v) is 9.40. The zero-order valence-electron chi connectivity index (χ0n) is 15.4. The Morgan fingerprint density at radius 2 is 1.61 bits per heavy atom. The maximum absolute atomic E-state index is 13.0. The highest BCUT2D eigenvalue weighted by Gasteiger charge is 2.19. The lowest BCUT2D eigenvalue weighted by molar-refractivity contribution is 0.101. The van der Waals surface area contributed by atoms with Crippen LogP contribution < -0.4 is 0 Å². The fourth-order valence-corrected chi connectivity index (χ4v) is 3.52. The van der Waals surface area contributed by atoms with Gasteiger partial charge >= 0.3 is 0 Å². The summed E-state index contributed by atoms with van der Waals surface area (Å²) in [7, 11) is 0. The van der Waals surface area contributed by atoms with Crippen molar-refractivity contribution in [3.63, 3.8) is 0 Å². The number of carbonyl (C=O) groups excluding carboxylic acids is 2. The number of nitrogens with zero attached hydrogens (tertiary/aromatic N) is 1. The molecule has 0 aliphatic heterocycles. The van der Waals surface area contributed by atoms with Crippen molar-refractivity contribution in [2.24, 2.45) is 0 Å². The second-order valence-corrected chi connectivity index (χ2v) is 7.22. The summed E-state index contributed by atoms with van der Waals surface area (Å²) < 4.78 is 1.79. The Morgan fingerprint density at radius 3 is 2.29 bits per heavy atom. The molecule has 2 aromatic heterocycles. The first-order valence-electron chi connectivity index (χ1n) is 9.02. The topological polar surface area (TPSA) is 38.5 Å². The van der Waals surface area contributed by atoms with Crippen LogP contribution in [0.1, 0.15) is 44.5 Å². The summed E-state index contributed by atoms with van der Waals surface area (Å²) in [6, 6.07) is 22.6. The predicted molar refractivity (Wildman–Crippen MR) is 112 cm³/mol. The van der Waals surface area contributed by atoms with Gasteiger partial charge in [0, 0.05) is 22.3 Å². The molecule has 2 heterocycles. The first-order chi connectivity index (χ1) is 13.5. The number of halogens is 1. The summed E-state index contributed by atoms with van der Waals surface area (Å²) in [6.45, 7) is 1.52. The van der Waals surface area contributed by atoms with Crippen molar-refractivity contribution in [2.45, 2.75) is 13.3 Å². The van der Waals surface area contributed by atoms with E-state index in [9.17, 15) is 9.59 Å². The first kappa shape index (κ1) is 18.2. The van der Waals surface area contributed by atoms with E-state index in [-0.39, 0.29) is 11.6 Å². The van der Waals surface area contributed by atoms with Gasteiger partial charge in [-0.25, -0.2) is 0 Å². The lowest BCUT2D eigenvalue weighted by Crippen LogP contribution is -2.05. The fourth-order valence-electron chi connectivity index (χ4n) is 3.39. The Morgan fingerprint density at radius 1 is 0.893 bits per heavy atom. The van der Waals surface area contributed by atoms with Gasteiger partial charge in [0.05, 0.1) is 11.2 Å². The number of hydrogen-bond acceptors (Lipinski definition) is 2. The quantitative estimate of drug-likeness (QED) is 0.417. The largest absolute Gasteiger partial charge is 0.313 e. The van der Waals surface area contributed by atoms with Crippen LogP contribution in [0.2, 0.25) is 5.02 Å². The highest BCUT2D eigenvalue weighted by Crippen LogP contribution is 2.23. The summed E-state index contributed by atoms with van der Waals surface area (Å²) in [5.74, 6) is -0.209. The van der Waals surface area contributed by atoms with Crippen molar-refractivity contribution >= 4 is 28.7 Å². The van der Waals surface area contributed by atoms with E-state index in [1.54, 1.807) is 34.7 Å². The van der Waals surface area contributed by atoms with Gasteiger partial charge in [0.2, 0.25) is 5.78 Å². The van der Waals surface area contributed by atoms with E-state index in [0.717, 1.165) is 17.5 Å². The monoisotopic (exact) mass is 387 g/mol. The molecule has 4 heteroatoms. The third kappa shape index (κ3) is 3.49. The minimum absolute atomic E-state index is 0.0653. The Bertz CT molecular complexity index is 1170. The van der Waals surface area contributed by atoms with Crippen molar-refractivity contribution in [1.82, 2.24) is 4.40 Å². The molecule has 0 saturated heterocycles. The van der Waals surface area contributed by atoms with Gasteiger partial charge in [-0.1, -0.05) is 41.9 Å². The van der Waals surface area contributed by atoms with E-state index < -0.39 is 0 Å². The number of rotatable bonds is 5. The highest BCUT2D eigenvalue weighted by atomic mass is 35.5. The Balaban J connectivity index is 1.79. The fraction of sp³-hybridized carbons (Fsp3) is 0.0833. The van der Waals surface area contributed by atoms with Crippen molar-refractivity contribution < 1.29 is 9.59 Å². The summed E-state index contributed by atoms with van der Waals surface area (Å²) >= 11 is 5.93. The van der Waals surface area contributed by atoms with Crippen molar-refractivity contribution in [2.75, 3.05) is 0 Å². The van der Waals surface area contributed by atoms with Crippen LogP contribution in [0.3, 0.4) is 0 Å². The molecule has 0 fully saturated rings. The van der Waals surface area contributed by atoms with Crippen molar-refractivity contribution in [1.29, 1.82) is 0 Å². The second kappa shape index (κ2) is 7.45. The predicted octanol–water partition coefficient (Wildman–Crippen LogP) is 5.62.